The molecule has 0 unspecified atom stereocenters. The van der Waals surface area contributed by atoms with Gasteiger partial charge in [-0.3, -0.25) is 0 Å². The van der Waals surface area contributed by atoms with Crippen LogP contribution in [0.3, 0.4) is 0 Å². The van der Waals surface area contributed by atoms with Crippen molar-refractivity contribution >= 4 is 10.0 Å². The van der Waals surface area contributed by atoms with Gasteiger partial charge in [0, 0.05) is 13.1 Å². The van der Waals surface area contributed by atoms with Crippen molar-refractivity contribution in [3.63, 3.8) is 0 Å². The Bertz CT molecular complexity index is 501. The predicted octanol–water partition coefficient (Wildman–Crippen LogP) is 0.936. The van der Waals surface area contributed by atoms with E-state index in [1.807, 2.05) is 0 Å². The molecule has 1 aromatic carbocycles. The number of hydrogen-bond donors (Lipinski definition) is 1. The molecular weight excluding hydrogens is 255 g/mol. The summed E-state index contributed by atoms with van der Waals surface area (Å²) in [5, 5.41) is 0. The molecule has 0 aliphatic carbocycles. The van der Waals surface area contributed by atoms with Gasteiger partial charge in [-0.1, -0.05) is 12.1 Å². The molecule has 0 bridgehead atoms. The molecule has 1 saturated heterocycles. The molecule has 2 N–H and O–H groups in total. The number of nitrogens with two attached hydrogens (primary N) is 1. The maximum absolute atomic E-state index is 12.7. The molecule has 1 atom stereocenters. The van der Waals surface area contributed by atoms with E-state index in [9.17, 15) is 12.8 Å². The molecule has 2 rings (SSSR count). The molecule has 1 fully saturated rings. The second kappa shape index (κ2) is 5.34. The molecule has 0 spiro atoms. The molecule has 1 aliphatic heterocycles. The zero-order chi connectivity index (χ0) is 13.2. The summed E-state index contributed by atoms with van der Waals surface area (Å²) in [5.41, 5.74) is 6.15. The first-order valence-electron chi connectivity index (χ1n) is 5.93. The van der Waals surface area contributed by atoms with Gasteiger partial charge in [0.05, 0.1) is 5.75 Å². The van der Waals surface area contributed by atoms with Crippen LogP contribution in [0.4, 0.5) is 4.39 Å². The Hall–Kier alpha value is -0.980. The smallest absolute Gasteiger partial charge is 0.218 e. The van der Waals surface area contributed by atoms with Gasteiger partial charge < -0.3 is 5.73 Å². The normalized spacial score (nSPS) is 21.3. The molecule has 4 nitrogen and oxygen atoms in total. The fourth-order valence-electron chi connectivity index (χ4n) is 2.12. The van der Waals surface area contributed by atoms with E-state index in [0.717, 1.165) is 6.42 Å². The van der Waals surface area contributed by atoms with Crippen molar-refractivity contribution in [2.75, 3.05) is 19.6 Å². The minimum absolute atomic E-state index is 0.0788. The van der Waals surface area contributed by atoms with Crippen LogP contribution >= 0.6 is 0 Å². The van der Waals surface area contributed by atoms with Crippen LogP contribution in [0, 0.1) is 11.7 Å². The SMILES string of the molecule is NC[C@@H]1CCN(S(=O)(=O)Cc2ccc(F)cc2)C1. The van der Waals surface area contributed by atoms with Gasteiger partial charge in [-0.05, 0) is 36.6 Å². The Morgan fingerprint density at radius 2 is 2.00 bits per heavy atom. The third kappa shape index (κ3) is 3.07. The first-order valence-corrected chi connectivity index (χ1v) is 7.54. The van der Waals surface area contributed by atoms with Gasteiger partial charge in [0.2, 0.25) is 10.0 Å². The number of rotatable bonds is 4. The van der Waals surface area contributed by atoms with E-state index in [4.69, 9.17) is 5.73 Å². The Balaban J connectivity index is 2.06. The van der Waals surface area contributed by atoms with Gasteiger partial charge in [0.15, 0.2) is 0 Å². The number of nitrogens with zero attached hydrogens (tertiary/aromatic N) is 1. The van der Waals surface area contributed by atoms with Gasteiger partial charge in [-0.2, -0.15) is 0 Å². The Kier molecular flexibility index (Phi) is 3.99. The summed E-state index contributed by atoms with van der Waals surface area (Å²) in [5.74, 6) is -0.182. The van der Waals surface area contributed by atoms with Crippen LogP contribution in [0.2, 0.25) is 0 Å². The lowest BCUT2D eigenvalue weighted by molar-refractivity contribution is 0.458. The minimum Gasteiger partial charge on any atom is -0.330 e. The molecule has 100 valence electrons. The van der Waals surface area contributed by atoms with Crippen LogP contribution in [0.1, 0.15) is 12.0 Å². The summed E-state index contributed by atoms with van der Waals surface area (Å²) in [6, 6.07) is 5.56. The molecule has 0 amide bonds. The van der Waals surface area contributed by atoms with E-state index in [1.54, 1.807) is 0 Å². The largest absolute Gasteiger partial charge is 0.330 e. The summed E-state index contributed by atoms with van der Waals surface area (Å²) in [7, 11) is -3.31. The fourth-order valence-corrected chi connectivity index (χ4v) is 3.74. The van der Waals surface area contributed by atoms with Gasteiger partial charge in [-0.25, -0.2) is 17.1 Å². The standard InChI is InChI=1S/C12H17FN2O2S/c13-12-3-1-10(2-4-12)9-18(16,17)15-6-5-11(7-14)8-15/h1-4,11H,5-9,14H2/t11-/m0/s1. The molecule has 0 aromatic heterocycles. The molecule has 1 aromatic rings. The van der Waals surface area contributed by atoms with E-state index in [2.05, 4.69) is 0 Å². The molecule has 18 heavy (non-hydrogen) atoms. The second-order valence-electron chi connectivity index (χ2n) is 4.63. The van der Waals surface area contributed by atoms with Crippen molar-refractivity contribution in [3.8, 4) is 0 Å². The number of hydrogen-bond acceptors (Lipinski definition) is 3. The van der Waals surface area contributed by atoms with E-state index in [-0.39, 0.29) is 17.5 Å². The summed E-state index contributed by atoms with van der Waals surface area (Å²) in [6.07, 6.45) is 0.819. The zero-order valence-corrected chi connectivity index (χ0v) is 10.9. The van der Waals surface area contributed by atoms with Gasteiger partial charge in [0.25, 0.3) is 0 Å². The fraction of sp³-hybridized carbons (Fsp3) is 0.500. The first-order chi connectivity index (χ1) is 8.51. The van der Waals surface area contributed by atoms with Crippen molar-refractivity contribution in [1.29, 1.82) is 0 Å². The van der Waals surface area contributed by atoms with Crippen LogP contribution < -0.4 is 5.73 Å². The molecule has 1 aliphatic rings. The molecule has 0 saturated carbocycles. The monoisotopic (exact) mass is 272 g/mol. The average Bonchev–Trinajstić information content (AvgIpc) is 2.81. The first kappa shape index (κ1) is 13.5. The maximum atomic E-state index is 12.7. The van der Waals surface area contributed by atoms with Gasteiger partial charge in [-0.15, -0.1) is 0 Å². The number of sulfonamides is 1. The van der Waals surface area contributed by atoms with E-state index in [0.29, 0.717) is 25.2 Å². The van der Waals surface area contributed by atoms with Crippen molar-refractivity contribution in [1.82, 2.24) is 4.31 Å². The summed E-state index contributed by atoms with van der Waals surface area (Å²) in [4.78, 5) is 0. The van der Waals surface area contributed by atoms with E-state index >= 15 is 0 Å². The topological polar surface area (TPSA) is 63.4 Å². The van der Waals surface area contributed by atoms with E-state index < -0.39 is 10.0 Å². The Labute approximate surface area is 107 Å². The minimum atomic E-state index is -3.31. The van der Waals surface area contributed by atoms with Crippen molar-refractivity contribution in [2.45, 2.75) is 12.2 Å². The highest BCUT2D eigenvalue weighted by molar-refractivity contribution is 7.88. The van der Waals surface area contributed by atoms with Crippen molar-refractivity contribution in [3.05, 3.63) is 35.6 Å². The lowest BCUT2D eigenvalue weighted by Gasteiger charge is -2.16. The van der Waals surface area contributed by atoms with Crippen LogP contribution in [0.15, 0.2) is 24.3 Å². The summed E-state index contributed by atoms with van der Waals surface area (Å²) >= 11 is 0. The van der Waals surface area contributed by atoms with Gasteiger partial charge in [0.1, 0.15) is 5.82 Å². The highest BCUT2D eigenvalue weighted by Gasteiger charge is 2.30. The van der Waals surface area contributed by atoms with Crippen LogP contribution in [-0.4, -0.2) is 32.4 Å². The lowest BCUT2D eigenvalue weighted by Crippen LogP contribution is -2.31. The third-order valence-electron chi connectivity index (χ3n) is 3.24. The van der Waals surface area contributed by atoms with Crippen LogP contribution in [0.25, 0.3) is 0 Å². The highest BCUT2D eigenvalue weighted by atomic mass is 32.2. The molecule has 1 heterocycles. The number of halogens is 1. The third-order valence-corrected chi connectivity index (χ3v) is 5.05. The lowest BCUT2D eigenvalue weighted by atomic mass is 10.1. The molecular formula is C12H17FN2O2S. The molecule has 0 radical (unpaired) electrons. The zero-order valence-electron chi connectivity index (χ0n) is 10.0. The summed E-state index contributed by atoms with van der Waals surface area (Å²) in [6.45, 7) is 1.55. The van der Waals surface area contributed by atoms with Crippen molar-refractivity contribution in [2.24, 2.45) is 11.7 Å². The average molecular weight is 272 g/mol. The molecule has 6 heteroatoms. The van der Waals surface area contributed by atoms with Crippen LogP contribution in [-0.2, 0) is 15.8 Å². The number of benzene rings is 1. The Morgan fingerprint density at radius 3 is 2.56 bits per heavy atom. The summed E-state index contributed by atoms with van der Waals surface area (Å²) < 4.78 is 38.5. The predicted molar refractivity (Wildman–Crippen MR) is 67.8 cm³/mol. The van der Waals surface area contributed by atoms with Crippen molar-refractivity contribution < 1.29 is 12.8 Å². The Morgan fingerprint density at radius 1 is 1.33 bits per heavy atom. The highest BCUT2D eigenvalue weighted by Crippen LogP contribution is 2.21. The quantitative estimate of drug-likeness (QED) is 0.887. The second-order valence-corrected chi connectivity index (χ2v) is 6.60. The van der Waals surface area contributed by atoms with Crippen LogP contribution in [0.5, 0.6) is 0 Å². The van der Waals surface area contributed by atoms with Gasteiger partial charge >= 0.3 is 0 Å². The maximum Gasteiger partial charge on any atom is 0.218 e. The van der Waals surface area contributed by atoms with E-state index in [1.165, 1.54) is 28.6 Å².